The monoisotopic (exact) mass is 606 g/mol. The number of nitrogens with one attached hydrogen (secondary N) is 1. The summed E-state index contributed by atoms with van der Waals surface area (Å²) in [4.78, 5) is 64.3. The molecule has 196 valence electrons. The Balaban J connectivity index is 1.42. The van der Waals surface area contributed by atoms with Gasteiger partial charge in [-0.3, -0.25) is 24.1 Å². The van der Waals surface area contributed by atoms with Crippen LogP contribution >= 0.6 is 57.7 Å². The zero-order valence-electron chi connectivity index (χ0n) is 19.3. The zero-order valence-corrected chi connectivity index (χ0v) is 23.2. The van der Waals surface area contributed by atoms with Gasteiger partial charge >= 0.3 is 11.9 Å². The van der Waals surface area contributed by atoms with Gasteiger partial charge in [0.05, 0.1) is 43.9 Å². The highest BCUT2D eigenvalue weighted by Gasteiger charge is 2.42. The number of imide groups is 1. The van der Waals surface area contributed by atoms with Crippen LogP contribution in [0.15, 0.2) is 0 Å². The van der Waals surface area contributed by atoms with Gasteiger partial charge in [0.1, 0.15) is 11.5 Å². The maximum Gasteiger partial charge on any atom is 0.341 e. The second kappa shape index (κ2) is 10.8. The third kappa shape index (κ3) is 5.05. The van der Waals surface area contributed by atoms with Crippen molar-refractivity contribution >= 4 is 92.4 Å². The number of amides is 3. The van der Waals surface area contributed by atoms with Gasteiger partial charge in [-0.15, -0.1) is 11.3 Å². The van der Waals surface area contributed by atoms with Crippen LogP contribution in [0.25, 0.3) is 0 Å². The minimum absolute atomic E-state index is 0.203. The molecule has 1 aromatic carbocycles. The zero-order chi connectivity index (χ0) is 27.2. The molecule has 2 aromatic rings. The number of carbonyl (C=O) groups is 5. The number of anilines is 1. The average molecular weight is 608 g/mol. The molecule has 14 heteroatoms. The summed E-state index contributed by atoms with van der Waals surface area (Å²) in [6, 6.07) is 0. The molecule has 0 fully saturated rings. The number of carbonyl (C=O) groups excluding carboxylic acids is 5. The number of ether oxygens (including phenoxy) is 2. The molecule has 2 aliphatic rings. The second-order valence-electron chi connectivity index (χ2n) is 8.46. The number of methoxy groups -OCH3 is 1. The van der Waals surface area contributed by atoms with Crippen LogP contribution in [0, 0.1) is 5.92 Å². The lowest BCUT2D eigenvalue weighted by Crippen LogP contribution is -2.36. The molecule has 0 spiro atoms. The molecule has 1 aliphatic carbocycles. The highest BCUT2D eigenvalue weighted by molar-refractivity contribution is 7.17. The fraction of sp³-hybridized carbons (Fsp3) is 0.348. The number of esters is 2. The summed E-state index contributed by atoms with van der Waals surface area (Å²) in [5, 5.41) is 1.96. The summed E-state index contributed by atoms with van der Waals surface area (Å²) in [5.41, 5.74) is 0.599. The van der Waals surface area contributed by atoms with Crippen LogP contribution in [-0.2, 0) is 31.9 Å². The predicted octanol–water partition coefficient (Wildman–Crippen LogP) is 5.05. The largest absolute Gasteiger partial charge is 0.465 e. The summed E-state index contributed by atoms with van der Waals surface area (Å²) in [6.45, 7) is 0.582. The Labute approximate surface area is 234 Å². The molecule has 4 rings (SSSR count). The number of nitrogens with zero attached hydrogens (tertiary/aromatic N) is 1. The second-order valence-corrected chi connectivity index (χ2v) is 11.1. The van der Waals surface area contributed by atoms with Crippen LogP contribution in [0.5, 0.6) is 0 Å². The highest BCUT2D eigenvalue weighted by atomic mass is 35.5. The third-order valence-electron chi connectivity index (χ3n) is 5.99. The van der Waals surface area contributed by atoms with E-state index in [9.17, 15) is 24.0 Å². The first-order valence-electron chi connectivity index (χ1n) is 10.9. The molecule has 3 amide bonds. The molecule has 0 bridgehead atoms. The molecule has 2 heterocycles. The molecule has 37 heavy (non-hydrogen) atoms. The number of halogens is 4. The van der Waals surface area contributed by atoms with Crippen molar-refractivity contribution in [1.29, 1.82) is 0 Å². The van der Waals surface area contributed by atoms with Gasteiger partial charge in [-0.25, -0.2) is 4.79 Å². The number of thiophene rings is 1. The molecule has 0 saturated carbocycles. The quantitative estimate of drug-likeness (QED) is 0.211. The van der Waals surface area contributed by atoms with E-state index in [1.165, 1.54) is 18.4 Å². The first-order valence-corrected chi connectivity index (χ1v) is 13.2. The van der Waals surface area contributed by atoms with Crippen molar-refractivity contribution in [2.45, 2.75) is 26.2 Å². The third-order valence-corrected chi connectivity index (χ3v) is 8.96. The van der Waals surface area contributed by atoms with Crippen molar-refractivity contribution < 1.29 is 33.4 Å². The summed E-state index contributed by atoms with van der Waals surface area (Å²) < 4.78 is 9.85. The lowest BCUT2D eigenvalue weighted by molar-refractivity contribution is -0.147. The van der Waals surface area contributed by atoms with Crippen LogP contribution in [0.1, 0.15) is 54.9 Å². The molecular formula is C23H18Cl4N2O7S. The molecule has 1 atom stereocenters. The van der Waals surface area contributed by atoms with E-state index in [4.69, 9.17) is 55.9 Å². The van der Waals surface area contributed by atoms with E-state index in [2.05, 4.69) is 12.2 Å². The Morgan fingerprint density at radius 1 is 1.03 bits per heavy atom. The highest BCUT2D eigenvalue weighted by Crippen LogP contribution is 2.45. The number of fused-ring (bicyclic) bond motifs is 2. The van der Waals surface area contributed by atoms with Gasteiger partial charge in [0.15, 0.2) is 6.61 Å². The van der Waals surface area contributed by atoms with Crippen LogP contribution < -0.4 is 5.32 Å². The van der Waals surface area contributed by atoms with E-state index in [0.717, 1.165) is 23.3 Å². The summed E-state index contributed by atoms with van der Waals surface area (Å²) in [7, 11) is 1.26. The summed E-state index contributed by atoms with van der Waals surface area (Å²) in [5.74, 6) is -3.69. The first-order chi connectivity index (χ1) is 17.5. The number of hydrogen-bond acceptors (Lipinski definition) is 8. The maximum absolute atomic E-state index is 12.7. The Kier molecular flexibility index (Phi) is 8.06. The number of benzene rings is 1. The fourth-order valence-electron chi connectivity index (χ4n) is 4.18. The van der Waals surface area contributed by atoms with Gasteiger partial charge in [-0.05, 0) is 30.7 Å². The van der Waals surface area contributed by atoms with Crippen molar-refractivity contribution in [3.8, 4) is 0 Å². The Bertz CT molecular complexity index is 1330. The van der Waals surface area contributed by atoms with Crippen LogP contribution in [0.4, 0.5) is 5.00 Å². The minimum Gasteiger partial charge on any atom is -0.465 e. The molecule has 0 radical (unpaired) electrons. The smallest absolute Gasteiger partial charge is 0.341 e. The fourth-order valence-corrected chi connectivity index (χ4v) is 6.61. The molecule has 0 saturated heterocycles. The normalized spacial score (nSPS) is 16.4. The Morgan fingerprint density at radius 3 is 2.19 bits per heavy atom. The Morgan fingerprint density at radius 2 is 1.62 bits per heavy atom. The predicted molar refractivity (Wildman–Crippen MR) is 138 cm³/mol. The van der Waals surface area contributed by atoms with Gasteiger partial charge in [0.25, 0.3) is 17.7 Å². The molecular weight excluding hydrogens is 590 g/mol. The van der Waals surface area contributed by atoms with Crippen molar-refractivity contribution in [2.75, 3.05) is 25.6 Å². The standard InChI is InChI=1S/C23H18Cl4N2O7S/c1-8-3-4-9-10(5-8)37-20(13(9)23(34)35-2)28-11(30)7-36-12(31)6-29-21(32)14-15(22(29)33)17(25)19(27)18(26)16(14)24/h8H,3-7H2,1-2H3,(H,28,30). The molecule has 1 aliphatic heterocycles. The van der Waals surface area contributed by atoms with Crippen LogP contribution in [0.3, 0.4) is 0 Å². The van der Waals surface area contributed by atoms with E-state index >= 15 is 0 Å². The first kappa shape index (κ1) is 27.7. The lowest BCUT2D eigenvalue weighted by Gasteiger charge is -2.18. The van der Waals surface area contributed by atoms with Crippen molar-refractivity contribution in [1.82, 2.24) is 4.90 Å². The van der Waals surface area contributed by atoms with Crippen LogP contribution in [0.2, 0.25) is 20.1 Å². The Hall–Kier alpha value is -2.37. The molecule has 9 nitrogen and oxygen atoms in total. The lowest BCUT2D eigenvalue weighted by atomic mass is 9.88. The van der Waals surface area contributed by atoms with Gasteiger partial charge in [0.2, 0.25) is 0 Å². The number of rotatable bonds is 6. The average Bonchev–Trinajstić information content (AvgIpc) is 3.33. The van der Waals surface area contributed by atoms with E-state index < -0.39 is 42.8 Å². The molecule has 1 unspecified atom stereocenters. The van der Waals surface area contributed by atoms with Crippen molar-refractivity contribution in [2.24, 2.45) is 5.92 Å². The van der Waals surface area contributed by atoms with Gasteiger partial charge in [-0.2, -0.15) is 0 Å². The van der Waals surface area contributed by atoms with Gasteiger partial charge in [0, 0.05) is 4.88 Å². The SMILES string of the molecule is COC(=O)c1c(NC(=O)COC(=O)CN2C(=O)c3c(Cl)c(Cl)c(Cl)c(Cl)c3C2=O)sc2c1CCC(C)C2. The molecule has 1 aromatic heterocycles. The van der Waals surface area contributed by atoms with Gasteiger partial charge < -0.3 is 14.8 Å². The van der Waals surface area contributed by atoms with E-state index in [1.54, 1.807) is 0 Å². The van der Waals surface area contributed by atoms with Crippen molar-refractivity contribution in [3.63, 3.8) is 0 Å². The van der Waals surface area contributed by atoms with E-state index in [0.29, 0.717) is 27.8 Å². The maximum atomic E-state index is 12.7. The minimum atomic E-state index is -1.04. The van der Waals surface area contributed by atoms with Crippen LogP contribution in [-0.4, -0.2) is 54.8 Å². The summed E-state index contributed by atoms with van der Waals surface area (Å²) in [6.07, 6.45) is 2.37. The van der Waals surface area contributed by atoms with E-state index in [1.807, 2.05) is 0 Å². The molecule has 1 N–H and O–H groups in total. The summed E-state index contributed by atoms with van der Waals surface area (Å²) >= 11 is 25.4. The topological polar surface area (TPSA) is 119 Å². The van der Waals surface area contributed by atoms with E-state index in [-0.39, 0.29) is 31.2 Å². The van der Waals surface area contributed by atoms with Gasteiger partial charge in [-0.1, -0.05) is 53.3 Å². The number of hydrogen-bond donors (Lipinski definition) is 1. The van der Waals surface area contributed by atoms with Crippen molar-refractivity contribution in [3.05, 3.63) is 47.2 Å².